The Morgan fingerprint density at radius 1 is 1.50 bits per heavy atom. The Kier molecular flexibility index (Phi) is 4.40. The molecule has 1 aromatic rings. The number of nitro groups is 1. The third-order valence-corrected chi connectivity index (χ3v) is 2.49. The molecule has 1 aromatic carbocycles. The number of nitrogens with zero attached hydrogens (tertiary/aromatic N) is 1. The topological polar surface area (TPSA) is 43.1 Å². The van der Waals surface area contributed by atoms with Gasteiger partial charge in [0.2, 0.25) is 0 Å². The number of halogens is 1. The van der Waals surface area contributed by atoms with Gasteiger partial charge in [0.25, 0.3) is 5.69 Å². The SMILES string of the molecule is CCCc1ccc([C](C)CF)cc1[N+](=O)[O-]. The van der Waals surface area contributed by atoms with Crippen molar-refractivity contribution in [2.45, 2.75) is 26.7 Å². The number of rotatable bonds is 5. The summed E-state index contributed by atoms with van der Waals surface area (Å²) in [5.74, 6) is 0.520. The Morgan fingerprint density at radius 3 is 2.69 bits per heavy atom. The molecule has 4 heteroatoms. The first-order valence-corrected chi connectivity index (χ1v) is 5.26. The highest BCUT2D eigenvalue weighted by Gasteiger charge is 2.16. The van der Waals surface area contributed by atoms with Crippen LogP contribution in [0, 0.1) is 16.0 Å². The molecule has 0 unspecified atom stereocenters. The molecular formula is C12H15FNO2. The molecule has 0 aliphatic rings. The zero-order chi connectivity index (χ0) is 12.1. The van der Waals surface area contributed by atoms with Crippen molar-refractivity contribution < 1.29 is 9.31 Å². The molecule has 0 heterocycles. The van der Waals surface area contributed by atoms with Gasteiger partial charge in [-0.05, 0) is 12.0 Å². The first-order valence-electron chi connectivity index (χ1n) is 5.26. The van der Waals surface area contributed by atoms with Crippen LogP contribution in [0.25, 0.3) is 0 Å². The maximum Gasteiger partial charge on any atom is 0.272 e. The van der Waals surface area contributed by atoms with E-state index in [-0.39, 0.29) is 5.69 Å². The molecule has 3 nitrogen and oxygen atoms in total. The molecular weight excluding hydrogens is 209 g/mol. The van der Waals surface area contributed by atoms with E-state index in [4.69, 9.17) is 0 Å². The number of hydrogen-bond donors (Lipinski definition) is 0. The quantitative estimate of drug-likeness (QED) is 0.567. The molecule has 87 valence electrons. The molecule has 0 spiro atoms. The van der Waals surface area contributed by atoms with E-state index in [1.807, 2.05) is 6.92 Å². The van der Waals surface area contributed by atoms with Gasteiger partial charge in [0.05, 0.1) is 11.6 Å². The van der Waals surface area contributed by atoms with Crippen LogP contribution in [0.3, 0.4) is 0 Å². The zero-order valence-electron chi connectivity index (χ0n) is 9.50. The van der Waals surface area contributed by atoms with E-state index in [9.17, 15) is 14.5 Å². The van der Waals surface area contributed by atoms with Crippen LogP contribution in [0.1, 0.15) is 31.4 Å². The minimum absolute atomic E-state index is 0.0900. The lowest BCUT2D eigenvalue weighted by atomic mass is 9.98. The van der Waals surface area contributed by atoms with Gasteiger partial charge in [-0.1, -0.05) is 32.4 Å². The van der Waals surface area contributed by atoms with E-state index in [1.165, 1.54) is 6.07 Å². The maximum atomic E-state index is 12.4. The monoisotopic (exact) mass is 224 g/mol. The van der Waals surface area contributed by atoms with Crippen molar-refractivity contribution in [3.63, 3.8) is 0 Å². The van der Waals surface area contributed by atoms with Gasteiger partial charge in [-0.2, -0.15) is 0 Å². The van der Waals surface area contributed by atoms with Gasteiger partial charge < -0.3 is 0 Å². The summed E-state index contributed by atoms with van der Waals surface area (Å²) in [6.45, 7) is 3.03. The highest BCUT2D eigenvalue weighted by Crippen LogP contribution is 2.25. The molecule has 1 radical (unpaired) electrons. The van der Waals surface area contributed by atoms with Crippen LogP contribution >= 0.6 is 0 Å². The van der Waals surface area contributed by atoms with Gasteiger partial charge in [-0.3, -0.25) is 14.5 Å². The lowest BCUT2D eigenvalue weighted by Gasteiger charge is -2.08. The van der Waals surface area contributed by atoms with Gasteiger partial charge in [0, 0.05) is 17.5 Å². The van der Waals surface area contributed by atoms with Crippen molar-refractivity contribution in [2.24, 2.45) is 0 Å². The fraction of sp³-hybridized carbons (Fsp3) is 0.417. The first-order chi connectivity index (χ1) is 7.60. The number of nitro benzene ring substituents is 1. The first kappa shape index (κ1) is 12.6. The molecule has 0 aliphatic carbocycles. The van der Waals surface area contributed by atoms with Gasteiger partial charge in [-0.25, -0.2) is 0 Å². The van der Waals surface area contributed by atoms with Crippen LogP contribution in [0.15, 0.2) is 18.2 Å². The van der Waals surface area contributed by atoms with E-state index in [0.29, 0.717) is 23.5 Å². The summed E-state index contributed by atoms with van der Waals surface area (Å²) in [5.41, 5.74) is 1.41. The van der Waals surface area contributed by atoms with Crippen molar-refractivity contribution in [3.8, 4) is 0 Å². The van der Waals surface area contributed by atoms with Crippen LogP contribution < -0.4 is 0 Å². The second-order valence-electron chi connectivity index (χ2n) is 3.76. The van der Waals surface area contributed by atoms with Crippen molar-refractivity contribution in [1.82, 2.24) is 0 Å². The average Bonchev–Trinajstić information content (AvgIpc) is 2.28. The normalized spacial score (nSPS) is 10.8. The molecule has 0 amide bonds. The summed E-state index contributed by atoms with van der Waals surface area (Å²) in [5, 5.41) is 10.9. The molecule has 16 heavy (non-hydrogen) atoms. The fourth-order valence-corrected chi connectivity index (χ4v) is 1.56. The highest BCUT2D eigenvalue weighted by molar-refractivity contribution is 5.47. The number of aryl methyl sites for hydroxylation is 1. The van der Waals surface area contributed by atoms with Crippen LogP contribution in [-0.2, 0) is 6.42 Å². The molecule has 0 N–H and O–H groups in total. The zero-order valence-corrected chi connectivity index (χ0v) is 9.50. The molecule has 0 saturated heterocycles. The summed E-state index contributed by atoms with van der Waals surface area (Å²) in [4.78, 5) is 10.5. The molecule has 0 fully saturated rings. The lowest BCUT2D eigenvalue weighted by molar-refractivity contribution is -0.385. The summed E-state index contributed by atoms with van der Waals surface area (Å²) >= 11 is 0. The summed E-state index contributed by atoms with van der Waals surface area (Å²) < 4.78 is 12.4. The third-order valence-electron chi connectivity index (χ3n) is 2.49. The number of benzene rings is 1. The largest absolute Gasteiger partial charge is 0.272 e. The Morgan fingerprint density at radius 2 is 2.19 bits per heavy atom. The van der Waals surface area contributed by atoms with Crippen molar-refractivity contribution in [2.75, 3.05) is 6.67 Å². The maximum absolute atomic E-state index is 12.4. The molecule has 0 saturated carbocycles. The molecule has 0 aliphatic heterocycles. The van der Waals surface area contributed by atoms with Crippen LogP contribution in [0.5, 0.6) is 0 Å². The van der Waals surface area contributed by atoms with Crippen molar-refractivity contribution in [1.29, 1.82) is 0 Å². The predicted octanol–water partition coefficient (Wildman–Crippen LogP) is 3.46. The van der Waals surface area contributed by atoms with E-state index < -0.39 is 11.6 Å². The smallest absolute Gasteiger partial charge is 0.258 e. The van der Waals surface area contributed by atoms with Gasteiger partial charge in [-0.15, -0.1) is 0 Å². The standard InChI is InChI=1S/C12H15FNO2/c1-3-4-10-5-6-11(9(2)8-13)7-12(10)14(15)16/h5-7H,3-4,8H2,1-2H3. The lowest BCUT2D eigenvalue weighted by Crippen LogP contribution is -2.01. The van der Waals surface area contributed by atoms with Crippen LogP contribution in [0.4, 0.5) is 10.1 Å². The van der Waals surface area contributed by atoms with E-state index in [0.717, 1.165) is 6.42 Å². The second kappa shape index (κ2) is 5.58. The molecule has 0 bridgehead atoms. The molecule has 1 rings (SSSR count). The highest BCUT2D eigenvalue weighted by atomic mass is 19.1. The van der Waals surface area contributed by atoms with E-state index >= 15 is 0 Å². The predicted molar refractivity (Wildman–Crippen MR) is 61.1 cm³/mol. The molecule has 0 atom stereocenters. The summed E-state index contributed by atoms with van der Waals surface area (Å²) in [6, 6.07) is 4.92. The number of alkyl halides is 1. The third kappa shape index (κ3) is 2.78. The minimum atomic E-state index is -0.579. The minimum Gasteiger partial charge on any atom is -0.258 e. The molecule has 0 aromatic heterocycles. The van der Waals surface area contributed by atoms with Gasteiger partial charge >= 0.3 is 0 Å². The second-order valence-corrected chi connectivity index (χ2v) is 3.76. The fourth-order valence-electron chi connectivity index (χ4n) is 1.56. The Balaban J connectivity index is 3.12. The Labute approximate surface area is 94.4 Å². The van der Waals surface area contributed by atoms with Gasteiger partial charge in [0.15, 0.2) is 0 Å². The van der Waals surface area contributed by atoms with E-state index in [2.05, 4.69) is 0 Å². The van der Waals surface area contributed by atoms with E-state index in [1.54, 1.807) is 19.1 Å². The van der Waals surface area contributed by atoms with Crippen LogP contribution in [-0.4, -0.2) is 11.6 Å². The van der Waals surface area contributed by atoms with Crippen molar-refractivity contribution in [3.05, 3.63) is 45.4 Å². The Hall–Kier alpha value is -1.45. The summed E-state index contributed by atoms with van der Waals surface area (Å²) in [6.07, 6.45) is 1.53. The van der Waals surface area contributed by atoms with Crippen molar-refractivity contribution >= 4 is 5.69 Å². The summed E-state index contributed by atoms with van der Waals surface area (Å²) in [7, 11) is 0. The Bertz CT molecular complexity index is 379. The van der Waals surface area contributed by atoms with Crippen LogP contribution in [0.2, 0.25) is 0 Å². The van der Waals surface area contributed by atoms with Gasteiger partial charge in [0.1, 0.15) is 0 Å². The number of hydrogen-bond acceptors (Lipinski definition) is 2. The average molecular weight is 224 g/mol.